The Hall–Kier alpha value is -1.11. The zero-order valence-electron chi connectivity index (χ0n) is 11.9. The van der Waals surface area contributed by atoms with Gasteiger partial charge in [-0.2, -0.15) is 13.2 Å². The van der Waals surface area contributed by atoms with E-state index in [-0.39, 0.29) is 23.4 Å². The van der Waals surface area contributed by atoms with Gasteiger partial charge in [0.05, 0.1) is 6.54 Å². The predicted molar refractivity (Wildman–Crippen MR) is 74.7 cm³/mol. The summed E-state index contributed by atoms with van der Waals surface area (Å²) >= 11 is 0.923. The van der Waals surface area contributed by atoms with Gasteiger partial charge >= 0.3 is 6.18 Å². The normalized spacial score (nSPS) is 23.0. The minimum atomic E-state index is -4.42. The molecule has 1 aliphatic carbocycles. The maximum absolute atomic E-state index is 12.4. The van der Waals surface area contributed by atoms with Crippen LogP contribution < -0.4 is 5.32 Å². The van der Waals surface area contributed by atoms with Crippen LogP contribution >= 0.6 is 11.3 Å². The molecule has 1 fully saturated rings. The number of rotatable bonds is 4. The molecule has 0 aliphatic heterocycles. The topological polar surface area (TPSA) is 42.0 Å². The molecule has 1 saturated carbocycles. The molecule has 2 rings (SSSR count). The number of nitrogens with one attached hydrogen (secondary N) is 1. The molecule has 1 heterocycles. The Labute approximate surface area is 126 Å². The van der Waals surface area contributed by atoms with Gasteiger partial charge in [0.25, 0.3) is 0 Å². The molecule has 0 unspecified atom stereocenters. The van der Waals surface area contributed by atoms with Crippen LogP contribution in [0.2, 0.25) is 0 Å². The lowest BCUT2D eigenvalue weighted by molar-refractivity contribution is -0.140. The van der Waals surface area contributed by atoms with Gasteiger partial charge in [0.15, 0.2) is 5.69 Å². The van der Waals surface area contributed by atoms with E-state index >= 15 is 0 Å². The van der Waals surface area contributed by atoms with Gasteiger partial charge in [-0.1, -0.05) is 13.3 Å². The number of carbonyl (C=O) groups is 1. The number of hydrogen-bond donors (Lipinski definition) is 1. The number of hydrogen-bond acceptors (Lipinski definition) is 3. The van der Waals surface area contributed by atoms with E-state index in [1.54, 1.807) is 0 Å². The van der Waals surface area contributed by atoms with Crippen LogP contribution in [0.4, 0.5) is 13.2 Å². The zero-order valence-corrected chi connectivity index (χ0v) is 12.7. The smallest absolute Gasteiger partial charge is 0.349 e. The molecular weight excluding hydrogens is 301 g/mol. The Morgan fingerprint density at radius 1 is 1.38 bits per heavy atom. The van der Waals surface area contributed by atoms with Gasteiger partial charge in [-0.15, -0.1) is 11.3 Å². The van der Waals surface area contributed by atoms with Crippen LogP contribution in [-0.4, -0.2) is 10.9 Å². The van der Waals surface area contributed by atoms with Gasteiger partial charge in [-0.05, 0) is 31.6 Å². The van der Waals surface area contributed by atoms with Crippen LogP contribution in [0.15, 0.2) is 5.38 Å². The van der Waals surface area contributed by atoms with Crippen molar-refractivity contribution in [3.05, 3.63) is 16.1 Å². The fourth-order valence-electron chi connectivity index (χ4n) is 2.66. The number of thiazole rings is 1. The number of carbonyl (C=O) groups excluding carboxylic acids is 1. The molecule has 118 valence electrons. The summed E-state index contributed by atoms with van der Waals surface area (Å²) in [5, 5.41) is 3.98. The lowest BCUT2D eigenvalue weighted by atomic mass is 9.80. The van der Waals surface area contributed by atoms with E-state index in [4.69, 9.17) is 0 Å². The first-order valence-corrected chi connectivity index (χ1v) is 8.07. The van der Waals surface area contributed by atoms with Gasteiger partial charge in [-0.25, -0.2) is 4.98 Å². The molecule has 0 atom stereocenters. The summed E-state index contributed by atoms with van der Waals surface area (Å²) in [5.41, 5.74) is -0.889. The van der Waals surface area contributed by atoms with Crippen LogP contribution in [-0.2, 0) is 17.5 Å². The monoisotopic (exact) mass is 320 g/mol. The first-order valence-electron chi connectivity index (χ1n) is 7.19. The van der Waals surface area contributed by atoms with Gasteiger partial charge in [0.1, 0.15) is 5.01 Å². The Bertz CT molecular complexity index is 479. The number of alkyl halides is 3. The van der Waals surface area contributed by atoms with Crippen LogP contribution in [0.3, 0.4) is 0 Å². The lowest BCUT2D eigenvalue weighted by Crippen LogP contribution is -2.32. The molecule has 1 N–H and O–H groups in total. The van der Waals surface area contributed by atoms with E-state index in [9.17, 15) is 18.0 Å². The Morgan fingerprint density at radius 2 is 2.05 bits per heavy atom. The zero-order chi connectivity index (χ0) is 15.5. The SMILES string of the molecule is CCC1CCC(C(=O)NCc2nc(C(F)(F)F)cs2)CC1. The van der Waals surface area contributed by atoms with Crippen molar-refractivity contribution in [3.8, 4) is 0 Å². The van der Waals surface area contributed by atoms with Gasteiger partial charge < -0.3 is 5.32 Å². The van der Waals surface area contributed by atoms with Gasteiger partial charge in [0.2, 0.25) is 5.91 Å². The number of aromatic nitrogens is 1. The molecule has 0 aromatic carbocycles. The number of halogens is 3. The van der Waals surface area contributed by atoms with Crippen molar-refractivity contribution in [1.29, 1.82) is 0 Å². The minimum Gasteiger partial charge on any atom is -0.349 e. The average molecular weight is 320 g/mol. The fourth-order valence-corrected chi connectivity index (χ4v) is 3.40. The molecule has 1 aromatic rings. The second-order valence-corrected chi connectivity index (χ2v) is 6.41. The highest BCUT2D eigenvalue weighted by Crippen LogP contribution is 2.31. The van der Waals surface area contributed by atoms with Crippen molar-refractivity contribution in [1.82, 2.24) is 10.3 Å². The summed E-state index contributed by atoms with van der Waals surface area (Å²) in [5.74, 6) is 0.644. The van der Waals surface area contributed by atoms with E-state index in [1.807, 2.05) is 0 Å². The largest absolute Gasteiger partial charge is 0.434 e. The van der Waals surface area contributed by atoms with E-state index in [2.05, 4.69) is 17.2 Å². The van der Waals surface area contributed by atoms with Crippen LogP contribution in [0.25, 0.3) is 0 Å². The quantitative estimate of drug-likeness (QED) is 0.911. The third-order valence-electron chi connectivity index (χ3n) is 4.05. The molecule has 0 bridgehead atoms. The van der Waals surface area contributed by atoms with Crippen LogP contribution in [0.1, 0.15) is 49.7 Å². The summed E-state index contributed by atoms with van der Waals surface area (Å²) in [6, 6.07) is 0. The molecular formula is C14H19F3N2OS. The molecule has 21 heavy (non-hydrogen) atoms. The molecule has 1 amide bonds. The molecule has 0 radical (unpaired) electrons. The van der Waals surface area contributed by atoms with Gasteiger partial charge in [0, 0.05) is 11.3 Å². The minimum absolute atomic E-state index is 0.00477. The van der Waals surface area contributed by atoms with E-state index in [0.717, 1.165) is 48.8 Å². The molecule has 0 saturated heterocycles. The highest BCUT2D eigenvalue weighted by atomic mass is 32.1. The maximum atomic E-state index is 12.4. The molecule has 0 spiro atoms. The summed E-state index contributed by atoms with van der Waals surface area (Å²) in [4.78, 5) is 15.5. The highest BCUT2D eigenvalue weighted by Gasteiger charge is 2.33. The van der Waals surface area contributed by atoms with Crippen molar-refractivity contribution in [2.75, 3.05) is 0 Å². The fraction of sp³-hybridized carbons (Fsp3) is 0.714. The molecule has 3 nitrogen and oxygen atoms in total. The Morgan fingerprint density at radius 3 is 2.57 bits per heavy atom. The summed E-state index contributed by atoms with van der Waals surface area (Å²) in [6.07, 6.45) is 0.588. The molecule has 7 heteroatoms. The van der Waals surface area contributed by atoms with Crippen molar-refractivity contribution in [3.63, 3.8) is 0 Å². The van der Waals surface area contributed by atoms with E-state index in [1.165, 1.54) is 0 Å². The summed E-state index contributed by atoms with van der Waals surface area (Å²) in [6.45, 7) is 2.24. The summed E-state index contributed by atoms with van der Waals surface area (Å²) < 4.78 is 37.3. The van der Waals surface area contributed by atoms with Crippen LogP contribution in [0.5, 0.6) is 0 Å². The third kappa shape index (κ3) is 4.43. The molecule has 1 aliphatic rings. The first-order chi connectivity index (χ1) is 9.90. The van der Waals surface area contributed by atoms with Gasteiger partial charge in [-0.3, -0.25) is 4.79 Å². The van der Waals surface area contributed by atoms with Crippen molar-refractivity contribution in [2.45, 2.75) is 51.7 Å². The predicted octanol–water partition coefficient (Wildman–Crippen LogP) is 3.99. The van der Waals surface area contributed by atoms with Crippen molar-refractivity contribution in [2.24, 2.45) is 11.8 Å². The first kappa shape index (κ1) is 16.3. The van der Waals surface area contributed by atoms with E-state index < -0.39 is 11.9 Å². The second-order valence-electron chi connectivity index (χ2n) is 5.47. The second kappa shape index (κ2) is 6.77. The Kier molecular flexibility index (Phi) is 5.24. The highest BCUT2D eigenvalue weighted by molar-refractivity contribution is 7.09. The standard InChI is InChI=1S/C14H19F3N2OS/c1-2-9-3-5-10(6-4-9)13(20)18-7-12-19-11(8-21-12)14(15,16)17/h8-10H,2-7H2,1H3,(H,18,20). The summed E-state index contributed by atoms with van der Waals surface area (Å²) in [7, 11) is 0. The van der Waals surface area contributed by atoms with Crippen molar-refractivity contribution >= 4 is 17.2 Å². The third-order valence-corrected chi connectivity index (χ3v) is 4.90. The maximum Gasteiger partial charge on any atom is 0.434 e. The van der Waals surface area contributed by atoms with Crippen LogP contribution in [0, 0.1) is 11.8 Å². The Balaban J connectivity index is 1.80. The van der Waals surface area contributed by atoms with Crippen molar-refractivity contribution < 1.29 is 18.0 Å². The number of amides is 1. The number of nitrogens with zero attached hydrogens (tertiary/aromatic N) is 1. The molecule has 1 aromatic heterocycles. The van der Waals surface area contributed by atoms with E-state index in [0.29, 0.717) is 5.92 Å². The average Bonchev–Trinajstić information content (AvgIpc) is 2.94. The lowest BCUT2D eigenvalue weighted by Gasteiger charge is -2.26.